The van der Waals surface area contributed by atoms with Gasteiger partial charge in [-0.2, -0.15) is 9.97 Å². The van der Waals surface area contributed by atoms with E-state index in [4.69, 9.17) is 24.2 Å². The third-order valence-electron chi connectivity index (χ3n) is 7.86. The van der Waals surface area contributed by atoms with Crippen LogP contribution in [0.5, 0.6) is 17.6 Å². The Hall–Kier alpha value is -3.83. The Bertz CT molecular complexity index is 1640. The number of pyridine rings is 1. The summed E-state index contributed by atoms with van der Waals surface area (Å²) in [5.74, 6) is -0.601. The van der Waals surface area contributed by atoms with Crippen LogP contribution >= 0.6 is 0 Å². The molecule has 2 aromatic carbocycles. The molecule has 0 radical (unpaired) electrons. The summed E-state index contributed by atoms with van der Waals surface area (Å²) in [6.07, 6.45) is 2.16. The first-order valence-electron chi connectivity index (χ1n) is 14.4. The SMILES string of the molecule is CCc1c(F)ccc2cc(O)cc(-c3nc(OC(C)C)c4c(N5CC6CCC(C5)N6)nc(OCCOC)nc4c3F)c12. The summed E-state index contributed by atoms with van der Waals surface area (Å²) < 4.78 is 49.0. The van der Waals surface area contributed by atoms with E-state index >= 15 is 4.39 Å². The Morgan fingerprint density at radius 2 is 1.81 bits per heavy atom. The highest BCUT2D eigenvalue weighted by molar-refractivity contribution is 6.03. The van der Waals surface area contributed by atoms with Crippen LogP contribution in [0.2, 0.25) is 0 Å². The van der Waals surface area contributed by atoms with Crippen LogP contribution in [0, 0.1) is 11.6 Å². The summed E-state index contributed by atoms with van der Waals surface area (Å²) >= 11 is 0. The number of anilines is 1. The second-order valence-electron chi connectivity index (χ2n) is 11.2. The minimum absolute atomic E-state index is 0.00744. The van der Waals surface area contributed by atoms with Crippen LogP contribution in [0.1, 0.15) is 39.2 Å². The summed E-state index contributed by atoms with van der Waals surface area (Å²) in [5, 5.41) is 15.6. The second kappa shape index (κ2) is 11.4. The molecule has 6 rings (SSSR count). The summed E-state index contributed by atoms with van der Waals surface area (Å²) in [6, 6.07) is 6.45. The van der Waals surface area contributed by atoms with Gasteiger partial charge < -0.3 is 29.5 Å². The van der Waals surface area contributed by atoms with E-state index in [0.29, 0.717) is 65.7 Å². The number of rotatable bonds is 9. The molecule has 4 aromatic rings. The number of aromatic hydroxyl groups is 1. The van der Waals surface area contributed by atoms with Gasteiger partial charge in [-0.1, -0.05) is 13.0 Å². The number of aromatic nitrogens is 3. The van der Waals surface area contributed by atoms with Crippen molar-refractivity contribution in [2.45, 2.75) is 58.2 Å². The fraction of sp³-hybridized carbons (Fsp3) is 0.452. The molecule has 11 heteroatoms. The van der Waals surface area contributed by atoms with Crippen LogP contribution in [0.15, 0.2) is 24.3 Å². The van der Waals surface area contributed by atoms with Crippen LogP contribution in [0.3, 0.4) is 0 Å². The number of hydrogen-bond donors (Lipinski definition) is 2. The van der Waals surface area contributed by atoms with Crippen molar-refractivity contribution in [1.82, 2.24) is 20.3 Å². The first kappa shape index (κ1) is 28.3. The van der Waals surface area contributed by atoms with Crippen molar-refractivity contribution in [2.75, 3.05) is 38.3 Å². The number of methoxy groups -OCH3 is 1. The van der Waals surface area contributed by atoms with Gasteiger partial charge >= 0.3 is 6.01 Å². The molecule has 4 heterocycles. The average Bonchev–Trinajstić information content (AvgIpc) is 3.30. The number of ether oxygens (including phenoxy) is 3. The lowest BCUT2D eigenvalue weighted by molar-refractivity contribution is 0.141. The van der Waals surface area contributed by atoms with Crippen molar-refractivity contribution in [3.8, 4) is 28.9 Å². The summed E-state index contributed by atoms with van der Waals surface area (Å²) in [7, 11) is 1.56. The number of nitrogens with one attached hydrogen (secondary N) is 1. The molecular formula is C31H35F2N5O4. The Kier molecular flexibility index (Phi) is 7.71. The zero-order chi connectivity index (χ0) is 29.5. The van der Waals surface area contributed by atoms with Gasteiger partial charge in [-0.15, -0.1) is 0 Å². The normalized spacial score (nSPS) is 18.4. The lowest BCUT2D eigenvalue weighted by Crippen LogP contribution is -2.51. The van der Waals surface area contributed by atoms with Gasteiger partial charge in [0.25, 0.3) is 0 Å². The lowest BCUT2D eigenvalue weighted by Gasteiger charge is -2.34. The number of aryl methyl sites for hydroxylation is 1. The Labute approximate surface area is 242 Å². The summed E-state index contributed by atoms with van der Waals surface area (Å²) in [5.41, 5.74) is 0.520. The molecule has 42 heavy (non-hydrogen) atoms. The first-order chi connectivity index (χ1) is 20.3. The first-order valence-corrected chi connectivity index (χ1v) is 14.4. The Morgan fingerprint density at radius 1 is 1.05 bits per heavy atom. The minimum atomic E-state index is -0.738. The highest BCUT2D eigenvalue weighted by atomic mass is 19.1. The maximum Gasteiger partial charge on any atom is 0.319 e. The van der Waals surface area contributed by atoms with Gasteiger partial charge in [-0.05, 0) is 67.6 Å². The predicted molar refractivity (Wildman–Crippen MR) is 157 cm³/mol. The largest absolute Gasteiger partial charge is 0.508 e. The number of hydrogen-bond acceptors (Lipinski definition) is 9. The van der Waals surface area contributed by atoms with Gasteiger partial charge in [0.15, 0.2) is 5.82 Å². The molecule has 2 aliphatic heterocycles. The molecule has 2 N–H and O–H groups in total. The monoisotopic (exact) mass is 579 g/mol. The summed E-state index contributed by atoms with van der Waals surface area (Å²) in [6.45, 7) is 7.40. The highest BCUT2D eigenvalue weighted by Gasteiger charge is 2.35. The third kappa shape index (κ3) is 5.15. The highest BCUT2D eigenvalue weighted by Crippen LogP contribution is 2.43. The smallest absolute Gasteiger partial charge is 0.319 e. The van der Waals surface area contributed by atoms with Gasteiger partial charge in [0.05, 0.1) is 12.7 Å². The lowest BCUT2D eigenvalue weighted by atomic mass is 9.94. The molecule has 0 amide bonds. The van der Waals surface area contributed by atoms with Gasteiger partial charge in [0, 0.05) is 37.8 Å². The molecule has 0 saturated carbocycles. The van der Waals surface area contributed by atoms with Gasteiger partial charge in [-0.25, -0.2) is 13.8 Å². The van der Waals surface area contributed by atoms with E-state index in [-0.39, 0.29) is 47.1 Å². The van der Waals surface area contributed by atoms with Gasteiger partial charge in [-0.3, -0.25) is 0 Å². The van der Waals surface area contributed by atoms with Crippen LogP contribution in [0.4, 0.5) is 14.6 Å². The number of benzene rings is 2. The maximum absolute atomic E-state index is 16.9. The Balaban J connectivity index is 1.64. The fourth-order valence-electron chi connectivity index (χ4n) is 6.10. The zero-order valence-corrected chi connectivity index (χ0v) is 24.2. The molecule has 2 fully saturated rings. The van der Waals surface area contributed by atoms with Crippen molar-refractivity contribution < 1.29 is 28.1 Å². The molecule has 2 aromatic heterocycles. The molecule has 2 atom stereocenters. The molecule has 0 spiro atoms. The van der Waals surface area contributed by atoms with Crippen molar-refractivity contribution >= 4 is 27.5 Å². The van der Waals surface area contributed by atoms with Crippen molar-refractivity contribution in [1.29, 1.82) is 0 Å². The van der Waals surface area contributed by atoms with E-state index in [1.165, 1.54) is 18.2 Å². The van der Waals surface area contributed by atoms with Crippen molar-refractivity contribution in [3.05, 3.63) is 41.5 Å². The minimum Gasteiger partial charge on any atom is -0.508 e. The van der Waals surface area contributed by atoms with E-state index in [2.05, 4.69) is 15.2 Å². The maximum atomic E-state index is 16.9. The van der Waals surface area contributed by atoms with Gasteiger partial charge in [0.2, 0.25) is 5.88 Å². The Morgan fingerprint density at radius 3 is 2.50 bits per heavy atom. The predicted octanol–water partition coefficient (Wildman–Crippen LogP) is 5.14. The number of fused-ring (bicyclic) bond motifs is 4. The van der Waals surface area contributed by atoms with Crippen molar-refractivity contribution in [2.24, 2.45) is 0 Å². The topological polar surface area (TPSA) is 102 Å². The molecule has 2 bridgehead atoms. The van der Waals surface area contributed by atoms with Gasteiger partial charge in [0.1, 0.15) is 40.6 Å². The second-order valence-corrected chi connectivity index (χ2v) is 11.2. The molecule has 2 unspecified atom stereocenters. The van der Waals surface area contributed by atoms with E-state index in [1.807, 2.05) is 20.8 Å². The number of phenolic OH excluding ortho intramolecular Hbond substituents is 1. The quantitative estimate of drug-likeness (QED) is 0.261. The molecule has 2 aliphatic rings. The van der Waals surface area contributed by atoms with Crippen molar-refractivity contribution in [3.63, 3.8) is 0 Å². The molecule has 9 nitrogen and oxygen atoms in total. The van der Waals surface area contributed by atoms with E-state index < -0.39 is 11.6 Å². The van der Waals surface area contributed by atoms with Crippen LogP contribution in [-0.4, -0.2) is 71.7 Å². The van der Waals surface area contributed by atoms with E-state index in [0.717, 1.165) is 12.8 Å². The van der Waals surface area contributed by atoms with E-state index in [9.17, 15) is 9.50 Å². The molecule has 0 aliphatic carbocycles. The molecule has 222 valence electrons. The standard InChI is InChI=1S/C31H35F2N5O4/c1-5-21-23(32)9-6-17-12-20(39)13-22(24(17)21)27-26(33)28-25(30(35-27)42-16(2)3)29(37-31(36-28)41-11-10-40-4)38-14-18-7-8-19(15-38)34-18/h6,9,12-13,16,18-19,34,39H,5,7-8,10-11,14-15H2,1-4H3. The fourth-order valence-corrected chi connectivity index (χ4v) is 6.10. The number of piperazine rings is 1. The van der Waals surface area contributed by atoms with Crippen LogP contribution in [-0.2, 0) is 11.2 Å². The molecular weight excluding hydrogens is 544 g/mol. The number of nitrogens with zero attached hydrogens (tertiary/aromatic N) is 4. The van der Waals surface area contributed by atoms with Crippen LogP contribution < -0.4 is 19.7 Å². The van der Waals surface area contributed by atoms with E-state index in [1.54, 1.807) is 13.2 Å². The average molecular weight is 580 g/mol. The molecule has 2 saturated heterocycles. The number of phenols is 1. The zero-order valence-electron chi connectivity index (χ0n) is 24.2. The third-order valence-corrected chi connectivity index (χ3v) is 7.86. The number of halogens is 2. The summed E-state index contributed by atoms with van der Waals surface area (Å²) in [4.78, 5) is 16.1. The van der Waals surface area contributed by atoms with Crippen LogP contribution in [0.25, 0.3) is 32.9 Å².